The fourth-order valence-electron chi connectivity index (χ4n) is 3.09. The number of rotatable bonds is 3. The molecule has 0 N–H and O–H groups in total. The van der Waals surface area contributed by atoms with Gasteiger partial charge in [0, 0.05) is 45.3 Å². The fraction of sp³-hybridized carbons (Fsp3) is 0.353. The molecule has 0 spiro atoms. The summed E-state index contributed by atoms with van der Waals surface area (Å²) in [5.74, 6) is 0. The van der Waals surface area contributed by atoms with Crippen molar-refractivity contribution in [2.45, 2.75) is 12.6 Å². The van der Waals surface area contributed by atoms with Gasteiger partial charge in [-0.05, 0) is 23.8 Å². The Hall–Kier alpha value is -2.31. The summed E-state index contributed by atoms with van der Waals surface area (Å²) in [5.41, 5.74) is 4.26. The van der Waals surface area contributed by atoms with E-state index < -0.39 is 0 Å². The molecule has 1 aliphatic rings. The average Bonchev–Trinajstić information content (AvgIpc) is 3.01. The molecule has 3 aromatic rings. The van der Waals surface area contributed by atoms with Crippen LogP contribution in [-0.2, 0) is 18.3 Å². The lowest BCUT2D eigenvalue weighted by Crippen LogP contribution is -2.38. The molecule has 1 atom stereocenters. The number of ether oxygens (including phenoxy) is 1. The summed E-state index contributed by atoms with van der Waals surface area (Å²) in [5, 5.41) is 4.24. The van der Waals surface area contributed by atoms with Crippen molar-refractivity contribution < 1.29 is 4.74 Å². The van der Waals surface area contributed by atoms with Crippen LogP contribution in [0.25, 0.3) is 11.0 Å². The first-order valence-corrected chi connectivity index (χ1v) is 7.81. The molecule has 4 rings (SSSR count). The molecule has 0 amide bonds. The minimum atomic E-state index is 0.0801. The van der Waals surface area contributed by atoms with Crippen molar-refractivity contribution in [2.24, 2.45) is 7.05 Å². The molecule has 118 valence electrons. The smallest absolute Gasteiger partial charge is 0.112 e. The van der Waals surface area contributed by atoms with Crippen LogP contribution in [0, 0.1) is 0 Å². The van der Waals surface area contributed by atoms with Gasteiger partial charge in [-0.25, -0.2) is 0 Å². The first kappa shape index (κ1) is 14.3. The molecule has 0 radical (unpaired) electrons. The Morgan fingerprint density at radius 1 is 1.13 bits per heavy atom. The van der Waals surface area contributed by atoms with Gasteiger partial charge in [-0.3, -0.25) is 19.5 Å². The highest BCUT2D eigenvalue weighted by Crippen LogP contribution is 2.23. The monoisotopic (exact) mass is 309 g/mol. The van der Waals surface area contributed by atoms with Crippen LogP contribution in [0.5, 0.6) is 0 Å². The Kier molecular flexibility index (Phi) is 3.77. The molecular weight excluding hydrogens is 290 g/mol. The van der Waals surface area contributed by atoms with Crippen molar-refractivity contribution >= 4 is 11.0 Å². The zero-order valence-corrected chi connectivity index (χ0v) is 13.1. The van der Waals surface area contributed by atoms with Crippen molar-refractivity contribution in [1.29, 1.82) is 0 Å². The topological polar surface area (TPSA) is 56.1 Å². The number of benzene rings is 1. The van der Waals surface area contributed by atoms with Gasteiger partial charge in [0.15, 0.2) is 0 Å². The highest BCUT2D eigenvalue weighted by molar-refractivity contribution is 5.74. The van der Waals surface area contributed by atoms with E-state index in [2.05, 4.69) is 32.1 Å². The number of fused-ring (bicyclic) bond motifs is 1. The van der Waals surface area contributed by atoms with E-state index >= 15 is 0 Å². The van der Waals surface area contributed by atoms with Crippen LogP contribution in [0.2, 0.25) is 0 Å². The van der Waals surface area contributed by atoms with Crippen LogP contribution in [-0.4, -0.2) is 44.3 Å². The van der Waals surface area contributed by atoms with Crippen LogP contribution >= 0.6 is 0 Å². The van der Waals surface area contributed by atoms with Crippen LogP contribution in [0.3, 0.4) is 0 Å². The van der Waals surface area contributed by atoms with Gasteiger partial charge in [0.05, 0.1) is 23.3 Å². The van der Waals surface area contributed by atoms with Crippen molar-refractivity contribution in [3.8, 4) is 0 Å². The van der Waals surface area contributed by atoms with E-state index in [4.69, 9.17) is 4.74 Å². The van der Waals surface area contributed by atoms with Gasteiger partial charge >= 0.3 is 0 Å². The molecule has 6 nitrogen and oxygen atoms in total. The predicted molar refractivity (Wildman–Crippen MR) is 86.7 cm³/mol. The Labute approximate surface area is 134 Å². The number of hydrogen-bond acceptors (Lipinski definition) is 5. The highest BCUT2D eigenvalue weighted by atomic mass is 16.5. The molecule has 3 heterocycles. The standard InChI is InChI=1S/C17H19N5O/c1-21-16(4-5-20-21)17-12-22(8-9-23-17)11-13-2-3-14-15(10-13)19-7-6-18-14/h2-7,10,17H,8-9,11-12H2,1H3. The predicted octanol–water partition coefficient (Wildman–Crippen LogP) is 1.94. The third kappa shape index (κ3) is 2.95. The van der Waals surface area contributed by atoms with E-state index in [0.717, 1.165) is 43.0 Å². The second-order valence-electron chi connectivity index (χ2n) is 5.85. The number of aromatic nitrogens is 4. The van der Waals surface area contributed by atoms with E-state index in [0.29, 0.717) is 0 Å². The zero-order chi connectivity index (χ0) is 15.6. The summed E-state index contributed by atoms with van der Waals surface area (Å²) in [4.78, 5) is 11.1. The summed E-state index contributed by atoms with van der Waals surface area (Å²) in [6.45, 7) is 3.44. The molecule has 1 aliphatic heterocycles. The van der Waals surface area contributed by atoms with Crippen LogP contribution in [0.1, 0.15) is 17.4 Å². The van der Waals surface area contributed by atoms with Gasteiger partial charge in [-0.1, -0.05) is 6.07 Å². The number of hydrogen-bond donors (Lipinski definition) is 0. The molecule has 6 heteroatoms. The molecule has 1 aromatic carbocycles. The second-order valence-corrected chi connectivity index (χ2v) is 5.85. The summed E-state index contributed by atoms with van der Waals surface area (Å²) in [6.07, 6.45) is 5.36. The summed E-state index contributed by atoms with van der Waals surface area (Å²) < 4.78 is 7.81. The van der Waals surface area contributed by atoms with Gasteiger partial charge in [0.2, 0.25) is 0 Å². The Balaban J connectivity index is 1.50. The normalized spacial score (nSPS) is 19.3. The SMILES string of the molecule is Cn1nccc1C1CN(Cc2ccc3nccnc3c2)CCO1. The van der Waals surface area contributed by atoms with Gasteiger partial charge in [-0.2, -0.15) is 5.10 Å². The molecule has 1 fully saturated rings. The van der Waals surface area contributed by atoms with Crippen molar-refractivity contribution in [2.75, 3.05) is 19.7 Å². The Morgan fingerprint density at radius 2 is 2.00 bits per heavy atom. The van der Waals surface area contributed by atoms with Crippen molar-refractivity contribution in [3.63, 3.8) is 0 Å². The van der Waals surface area contributed by atoms with Crippen LogP contribution in [0.15, 0.2) is 42.9 Å². The first-order valence-electron chi connectivity index (χ1n) is 7.81. The van der Waals surface area contributed by atoms with Crippen molar-refractivity contribution in [1.82, 2.24) is 24.6 Å². The highest BCUT2D eigenvalue weighted by Gasteiger charge is 2.24. The van der Waals surface area contributed by atoms with Crippen LogP contribution < -0.4 is 0 Å². The minimum absolute atomic E-state index is 0.0801. The Bertz CT molecular complexity index is 815. The molecule has 0 bridgehead atoms. The fourth-order valence-corrected chi connectivity index (χ4v) is 3.09. The third-order valence-corrected chi connectivity index (χ3v) is 4.28. The zero-order valence-electron chi connectivity index (χ0n) is 13.1. The maximum atomic E-state index is 5.92. The maximum absolute atomic E-state index is 5.92. The second kappa shape index (κ2) is 6.06. The van der Waals surface area contributed by atoms with E-state index in [1.54, 1.807) is 12.4 Å². The van der Waals surface area contributed by atoms with Gasteiger partial charge in [0.1, 0.15) is 6.10 Å². The van der Waals surface area contributed by atoms with Gasteiger partial charge in [0.25, 0.3) is 0 Å². The number of aryl methyl sites for hydroxylation is 1. The van der Waals surface area contributed by atoms with Gasteiger partial charge in [-0.15, -0.1) is 0 Å². The Morgan fingerprint density at radius 3 is 2.83 bits per heavy atom. The quantitative estimate of drug-likeness (QED) is 0.740. The minimum Gasteiger partial charge on any atom is -0.369 e. The summed E-state index contributed by atoms with van der Waals surface area (Å²) in [7, 11) is 1.96. The molecule has 1 unspecified atom stereocenters. The molecule has 0 aliphatic carbocycles. The first-order chi connectivity index (χ1) is 11.3. The lowest BCUT2D eigenvalue weighted by atomic mass is 10.1. The maximum Gasteiger partial charge on any atom is 0.112 e. The molecule has 23 heavy (non-hydrogen) atoms. The van der Waals surface area contributed by atoms with E-state index in [9.17, 15) is 0 Å². The lowest BCUT2D eigenvalue weighted by molar-refractivity contribution is -0.0366. The van der Waals surface area contributed by atoms with Gasteiger partial charge < -0.3 is 4.74 Å². The molecule has 2 aromatic heterocycles. The number of morpholine rings is 1. The van der Waals surface area contributed by atoms with E-state index in [1.165, 1.54) is 5.56 Å². The van der Waals surface area contributed by atoms with E-state index in [1.807, 2.05) is 30.1 Å². The van der Waals surface area contributed by atoms with Crippen LogP contribution in [0.4, 0.5) is 0 Å². The molecular formula is C17H19N5O. The molecule has 0 saturated carbocycles. The lowest BCUT2D eigenvalue weighted by Gasteiger charge is -2.33. The van der Waals surface area contributed by atoms with Crippen molar-refractivity contribution in [3.05, 3.63) is 54.1 Å². The largest absolute Gasteiger partial charge is 0.369 e. The average molecular weight is 309 g/mol. The number of nitrogens with zero attached hydrogens (tertiary/aromatic N) is 5. The summed E-state index contributed by atoms with van der Waals surface area (Å²) in [6, 6.07) is 8.32. The molecule has 1 saturated heterocycles. The third-order valence-electron chi connectivity index (χ3n) is 4.28. The van der Waals surface area contributed by atoms with E-state index in [-0.39, 0.29) is 6.10 Å². The summed E-state index contributed by atoms with van der Waals surface area (Å²) >= 11 is 0.